The molecule has 0 atom stereocenters. The molecule has 0 aromatic heterocycles. The summed E-state index contributed by atoms with van der Waals surface area (Å²) in [6.45, 7) is 0.237. The summed E-state index contributed by atoms with van der Waals surface area (Å²) < 4.78 is 5.27. The second kappa shape index (κ2) is 3.54. The average Bonchev–Trinajstić information content (AvgIpc) is 2.27. The zero-order valence-electron chi connectivity index (χ0n) is 7.64. The van der Waals surface area contributed by atoms with Crippen molar-refractivity contribution in [2.24, 2.45) is 10.8 Å². The van der Waals surface area contributed by atoms with E-state index in [4.69, 9.17) is 10.6 Å². The highest BCUT2D eigenvalue weighted by Gasteiger charge is 2.16. The number of nitrogens with zero attached hydrogens (tertiary/aromatic N) is 2. The van der Waals surface area contributed by atoms with Gasteiger partial charge in [0.2, 0.25) is 0 Å². The van der Waals surface area contributed by atoms with Crippen molar-refractivity contribution >= 4 is 17.2 Å². The molecule has 0 spiro atoms. The lowest BCUT2D eigenvalue weighted by Crippen LogP contribution is -2.35. The number of hydrogen-bond acceptors (Lipinski definition) is 6. The third-order valence-electron chi connectivity index (χ3n) is 1.94. The Hall–Kier alpha value is -2.15. The smallest absolute Gasteiger partial charge is 0.271 e. The standard InChI is InChI=1S/C8H8N4O3/c9-11-8-4-15-7-2-1-5(12(13)14)3-6(7)10-8/h1-3H,4,9H2,(H,10,11). The highest BCUT2D eigenvalue weighted by Crippen LogP contribution is 2.33. The molecule has 2 rings (SSSR count). The molecule has 0 amide bonds. The van der Waals surface area contributed by atoms with E-state index in [1.54, 1.807) is 0 Å². The van der Waals surface area contributed by atoms with Gasteiger partial charge in [0.05, 0.1) is 4.92 Å². The molecule has 0 bridgehead atoms. The van der Waals surface area contributed by atoms with Crippen molar-refractivity contribution in [1.82, 2.24) is 5.43 Å². The molecular formula is C8H8N4O3. The highest BCUT2D eigenvalue weighted by atomic mass is 16.6. The Morgan fingerprint density at radius 1 is 1.60 bits per heavy atom. The molecule has 1 aliphatic rings. The highest BCUT2D eigenvalue weighted by molar-refractivity contribution is 5.88. The Labute approximate surface area is 84.7 Å². The Morgan fingerprint density at radius 3 is 3.07 bits per heavy atom. The molecule has 1 aromatic carbocycles. The number of nitrogens with two attached hydrogens (primary N) is 1. The van der Waals surface area contributed by atoms with Gasteiger partial charge in [-0.2, -0.15) is 0 Å². The molecular weight excluding hydrogens is 200 g/mol. The number of rotatable bonds is 1. The normalized spacial score (nSPS) is 13.5. The van der Waals surface area contributed by atoms with Crippen LogP contribution in [0, 0.1) is 10.1 Å². The van der Waals surface area contributed by atoms with Crippen LogP contribution in [0.1, 0.15) is 0 Å². The maximum absolute atomic E-state index is 10.5. The summed E-state index contributed by atoms with van der Waals surface area (Å²) in [6.07, 6.45) is 0. The van der Waals surface area contributed by atoms with Gasteiger partial charge in [-0.1, -0.05) is 0 Å². The fourth-order valence-corrected chi connectivity index (χ4v) is 1.23. The fraction of sp³-hybridized carbons (Fsp3) is 0.125. The van der Waals surface area contributed by atoms with Gasteiger partial charge in [0.25, 0.3) is 5.69 Å². The second-order valence-electron chi connectivity index (χ2n) is 2.90. The molecule has 7 heteroatoms. The van der Waals surface area contributed by atoms with Crippen molar-refractivity contribution in [3.63, 3.8) is 0 Å². The second-order valence-corrected chi connectivity index (χ2v) is 2.90. The average molecular weight is 208 g/mol. The molecule has 3 N–H and O–H groups in total. The molecule has 15 heavy (non-hydrogen) atoms. The van der Waals surface area contributed by atoms with Crippen LogP contribution < -0.4 is 16.0 Å². The van der Waals surface area contributed by atoms with Gasteiger partial charge >= 0.3 is 0 Å². The van der Waals surface area contributed by atoms with Crippen LogP contribution >= 0.6 is 0 Å². The maximum Gasteiger partial charge on any atom is 0.271 e. The minimum Gasteiger partial charge on any atom is -0.483 e. The number of nitrogens with one attached hydrogen (secondary N) is 1. The molecule has 78 valence electrons. The SMILES string of the molecule is NNC1=Nc2cc([N+](=O)[O-])ccc2OC1. The van der Waals surface area contributed by atoms with Crippen molar-refractivity contribution in [3.05, 3.63) is 28.3 Å². The van der Waals surface area contributed by atoms with Crippen molar-refractivity contribution in [3.8, 4) is 5.75 Å². The lowest BCUT2D eigenvalue weighted by molar-refractivity contribution is -0.384. The molecule has 0 saturated heterocycles. The largest absolute Gasteiger partial charge is 0.483 e. The first-order valence-corrected chi connectivity index (χ1v) is 4.16. The van der Waals surface area contributed by atoms with Gasteiger partial charge in [0.1, 0.15) is 18.0 Å². The number of ether oxygens (including phenoxy) is 1. The summed E-state index contributed by atoms with van der Waals surface area (Å²) >= 11 is 0. The first-order valence-electron chi connectivity index (χ1n) is 4.16. The van der Waals surface area contributed by atoms with Gasteiger partial charge < -0.3 is 10.2 Å². The van der Waals surface area contributed by atoms with Gasteiger partial charge in [0.15, 0.2) is 5.84 Å². The third kappa shape index (κ3) is 1.72. The van der Waals surface area contributed by atoms with E-state index in [0.29, 0.717) is 17.3 Å². The number of nitro benzene ring substituents is 1. The Bertz CT molecular complexity index is 444. The van der Waals surface area contributed by atoms with E-state index in [9.17, 15) is 10.1 Å². The number of hydrogen-bond donors (Lipinski definition) is 2. The number of benzene rings is 1. The zero-order chi connectivity index (χ0) is 10.8. The Morgan fingerprint density at radius 2 is 2.40 bits per heavy atom. The molecule has 0 radical (unpaired) electrons. The molecule has 0 fully saturated rings. The lowest BCUT2D eigenvalue weighted by Gasteiger charge is -2.15. The maximum atomic E-state index is 10.5. The topological polar surface area (TPSA) is 103 Å². The number of nitro groups is 1. The number of hydrazine groups is 1. The van der Waals surface area contributed by atoms with Crippen molar-refractivity contribution < 1.29 is 9.66 Å². The van der Waals surface area contributed by atoms with Crippen molar-refractivity contribution in [1.29, 1.82) is 0 Å². The van der Waals surface area contributed by atoms with E-state index in [2.05, 4.69) is 10.4 Å². The van der Waals surface area contributed by atoms with Crippen LogP contribution in [0.25, 0.3) is 0 Å². The minimum absolute atomic E-state index is 0.0284. The van der Waals surface area contributed by atoms with Crippen LogP contribution in [0.4, 0.5) is 11.4 Å². The summed E-state index contributed by atoms with van der Waals surface area (Å²) in [5, 5.41) is 10.5. The monoisotopic (exact) mass is 208 g/mol. The van der Waals surface area contributed by atoms with Crippen molar-refractivity contribution in [2.45, 2.75) is 0 Å². The number of fused-ring (bicyclic) bond motifs is 1. The van der Waals surface area contributed by atoms with Crippen LogP contribution in [0.5, 0.6) is 5.75 Å². The van der Waals surface area contributed by atoms with E-state index in [-0.39, 0.29) is 12.3 Å². The first kappa shape index (κ1) is 9.41. The molecule has 0 aliphatic carbocycles. The van der Waals surface area contributed by atoms with E-state index in [0.717, 1.165) is 0 Å². The number of aliphatic imine (C=N–C) groups is 1. The summed E-state index contributed by atoms with van der Waals surface area (Å²) in [5.74, 6) is 6.11. The van der Waals surface area contributed by atoms with Crippen LogP contribution in [-0.2, 0) is 0 Å². The lowest BCUT2D eigenvalue weighted by atomic mass is 10.2. The molecule has 1 heterocycles. The van der Waals surface area contributed by atoms with E-state index >= 15 is 0 Å². The summed E-state index contributed by atoms with van der Waals surface area (Å²) in [7, 11) is 0. The predicted octanol–water partition coefficient (Wildman–Crippen LogP) is 0.481. The fourth-order valence-electron chi connectivity index (χ4n) is 1.23. The molecule has 0 unspecified atom stereocenters. The summed E-state index contributed by atoms with van der Waals surface area (Å²) in [4.78, 5) is 14.1. The van der Waals surface area contributed by atoms with Crippen molar-refractivity contribution in [2.75, 3.05) is 6.61 Å². The van der Waals surface area contributed by atoms with Crippen LogP contribution in [0.2, 0.25) is 0 Å². The minimum atomic E-state index is -0.486. The molecule has 0 saturated carbocycles. The van der Waals surface area contributed by atoms with Gasteiger partial charge in [-0.05, 0) is 6.07 Å². The quantitative estimate of drug-likeness (QED) is 0.397. The summed E-state index contributed by atoms with van der Waals surface area (Å²) in [5.41, 5.74) is 2.73. The van der Waals surface area contributed by atoms with Gasteiger partial charge in [-0.15, -0.1) is 0 Å². The van der Waals surface area contributed by atoms with Gasteiger partial charge in [0, 0.05) is 12.1 Å². The molecule has 1 aliphatic heterocycles. The zero-order valence-corrected chi connectivity index (χ0v) is 7.64. The Balaban J connectivity index is 2.44. The van der Waals surface area contributed by atoms with Gasteiger partial charge in [-0.3, -0.25) is 10.1 Å². The van der Waals surface area contributed by atoms with E-state index in [1.165, 1.54) is 18.2 Å². The Kier molecular flexibility index (Phi) is 2.22. The molecule has 7 nitrogen and oxygen atoms in total. The number of amidine groups is 1. The predicted molar refractivity (Wildman–Crippen MR) is 53.0 cm³/mol. The number of non-ortho nitro benzene ring substituents is 1. The molecule has 1 aromatic rings. The van der Waals surface area contributed by atoms with Crippen LogP contribution in [-0.4, -0.2) is 17.4 Å². The third-order valence-corrected chi connectivity index (χ3v) is 1.94. The summed E-state index contributed by atoms with van der Waals surface area (Å²) in [6, 6.07) is 4.23. The van der Waals surface area contributed by atoms with Crippen LogP contribution in [0.3, 0.4) is 0 Å². The van der Waals surface area contributed by atoms with Crippen LogP contribution in [0.15, 0.2) is 23.2 Å². The first-order chi connectivity index (χ1) is 7.20. The van der Waals surface area contributed by atoms with E-state index in [1.807, 2.05) is 0 Å². The van der Waals surface area contributed by atoms with E-state index < -0.39 is 4.92 Å². The van der Waals surface area contributed by atoms with Gasteiger partial charge in [-0.25, -0.2) is 10.8 Å².